The van der Waals surface area contributed by atoms with Crippen LogP contribution in [0.25, 0.3) is 0 Å². The molecule has 0 spiro atoms. The molecule has 0 aromatic carbocycles. The van der Waals surface area contributed by atoms with E-state index in [1.165, 1.54) is 9.44 Å². The summed E-state index contributed by atoms with van der Waals surface area (Å²) in [7, 11) is -27.8. The summed E-state index contributed by atoms with van der Waals surface area (Å²) in [6, 6.07) is -7.17. The molecule has 0 bridgehead atoms. The summed E-state index contributed by atoms with van der Waals surface area (Å²) in [6.07, 6.45) is -56.1. The van der Waals surface area contributed by atoms with E-state index < -0.39 is 237 Å². The molecule has 5 saturated heterocycles. The summed E-state index contributed by atoms with van der Waals surface area (Å²) in [5.74, 6) is -4.42. The molecule has 0 aliphatic carbocycles. The van der Waals surface area contributed by atoms with Crippen molar-refractivity contribution in [3.05, 3.63) is 0 Å². The second kappa shape index (κ2) is 25.6. The lowest BCUT2D eigenvalue weighted by Gasteiger charge is -2.50. The quantitative estimate of drug-likeness (QED) is 0.0422. The molecule has 0 radical (unpaired) electrons. The lowest BCUT2D eigenvalue weighted by Crippen LogP contribution is -2.70. The molecule has 0 aromatic heterocycles. The number of aliphatic hydroxyl groups excluding tert-OH is 9. The van der Waals surface area contributed by atoms with Gasteiger partial charge in [-0.25, -0.2) is 22.1 Å². The van der Waals surface area contributed by atoms with E-state index in [1.54, 1.807) is 0 Å². The first-order valence-electron chi connectivity index (χ1n) is 21.2. The molecule has 0 amide bonds. The Labute approximate surface area is 436 Å². The van der Waals surface area contributed by atoms with Gasteiger partial charge >= 0.3 is 63.7 Å². The first-order valence-corrected chi connectivity index (χ1v) is 28.1. The number of rotatable bonds is 23. The maximum atomic E-state index is 12.7. The molecule has 0 saturated carbocycles. The summed E-state index contributed by atoms with van der Waals surface area (Å²) in [6.45, 7) is -4.14. The molecular weight excluding hydrogens is 1200 g/mol. The summed E-state index contributed by atoms with van der Waals surface area (Å²) < 4.78 is 228. The number of carboxylic acid groups (broad SMARTS) is 2. The minimum Gasteiger partial charge on any atom is -0.479 e. The summed E-state index contributed by atoms with van der Waals surface area (Å²) in [5.41, 5.74) is 6.16. The topological polar surface area (TPSA) is 689 Å². The lowest BCUT2D eigenvalue weighted by atomic mass is 9.94. The number of hydrogen-bond acceptors (Lipinski definition) is 34. The van der Waals surface area contributed by atoms with E-state index >= 15 is 0 Å². The Kier molecular flexibility index (Phi) is 21.7. The zero-order valence-electron chi connectivity index (χ0n) is 38.1. The molecule has 5 fully saturated rings. The highest BCUT2D eigenvalue weighted by Crippen LogP contribution is 2.37. The van der Waals surface area contributed by atoms with Crippen LogP contribution in [-0.2, 0) is 117 Å². The van der Waals surface area contributed by atoms with Crippen LogP contribution in [0, 0.1) is 0 Å². The Hall–Kier alpha value is -2.47. The number of nitrogens with one attached hydrogen (secondary N) is 2. The van der Waals surface area contributed by atoms with Gasteiger partial charge in [-0.3, -0.25) is 22.8 Å². The van der Waals surface area contributed by atoms with Gasteiger partial charge < -0.3 is 105 Å². The maximum Gasteiger partial charge on any atom is 0.397 e. The van der Waals surface area contributed by atoms with Crippen LogP contribution < -0.4 is 15.2 Å². The minimum absolute atomic E-state index is 1.26. The fourth-order valence-electron chi connectivity index (χ4n) is 8.25. The molecule has 25 atom stereocenters. The summed E-state index contributed by atoms with van der Waals surface area (Å²) >= 11 is 0. The normalized spacial score (nSPS) is 42.5. The van der Waals surface area contributed by atoms with Crippen molar-refractivity contribution in [2.45, 2.75) is 153 Å². The smallest absolute Gasteiger partial charge is 0.397 e. The van der Waals surface area contributed by atoms with Crippen LogP contribution in [0.15, 0.2) is 0 Å². The van der Waals surface area contributed by atoms with Gasteiger partial charge in [0.2, 0.25) is 0 Å². The zero-order valence-corrected chi connectivity index (χ0v) is 42.2. The first-order chi connectivity index (χ1) is 35.6. The second-order valence-electron chi connectivity index (χ2n) is 16.9. The zero-order chi connectivity index (χ0) is 59.1. The molecule has 0 unspecified atom stereocenters. The molecular formula is C30H51N3O40S5. The van der Waals surface area contributed by atoms with E-state index in [0.717, 1.165) is 0 Å². The van der Waals surface area contributed by atoms with Crippen LogP contribution >= 0.6 is 0 Å². The van der Waals surface area contributed by atoms with Crippen LogP contribution in [0.5, 0.6) is 0 Å². The van der Waals surface area contributed by atoms with Crippen molar-refractivity contribution in [1.29, 1.82) is 0 Å². The Morgan fingerprint density at radius 1 is 0.449 bits per heavy atom. The molecule has 5 aliphatic heterocycles. The van der Waals surface area contributed by atoms with Crippen molar-refractivity contribution in [3.8, 4) is 0 Å². The van der Waals surface area contributed by atoms with Gasteiger partial charge in [0, 0.05) is 0 Å². The number of ether oxygens (including phenoxy) is 9. The standard InChI is InChI=1S/C30H51N3O40S5/c31-7-18(72-77(56,57)58)17(67-29-14(40)13(39)19(22(70-29)24(42)43)69-28-9(33-75(50,51)52)11(37)10(36)6(65-28)3-62-76(53,54)55)5(2-35)64-27(7)68-20-15(41)21(73-78(59,60)61)30(71-23(20)25(44)45)66-16-4(1-34)63-26(46)8(12(16)38)32-74(47,48)49/h4-23,26-30,32-41,46H,1-3,31H2,(H,42,43)(H,44,45)(H,47,48,49)(H,50,51,52)(H,53,54,55)(H,56,57,58)(H,59,60,61)/t4-,5-,6-,7-,8-,9-,10-,11-,12-,13-,14-,15+,16-,17-,18-,19+,20+,21-,22+,23-,26+,27-,28-,29+,30-/m1/s1. The third-order valence-electron chi connectivity index (χ3n) is 11.6. The maximum absolute atomic E-state index is 12.7. The van der Waals surface area contributed by atoms with E-state index in [2.05, 4.69) is 12.5 Å². The number of carbonyl (C=O) groups is 2. The number of aliphatic carboxylic acids is 2. The predicted molar refractivity (Wildman–Crippen MR) is 226 cm³/mol. The highest BCUT2D eigenvalue weighted by Gasteiger charge is 2.60. The molecule has 5 heterocycles. The van der Waals surface area contributed by atoms with Gasteiger partial charge in [-0.15, -0.1) is 0 Å². The van der Waals surface area contributed by atoms with Gasteiger partial charge in [-0.2, -0.15) is 51.5 Å². The molecule has 48 heteroatoms. The van der Waals surface area contributed by atoms with Crippen molar-refractivity contribution >= 4 is 63.7 Å². The molecule has 78 heavy (non-hydrogen) atoms. The highest BCUT2D eigenvalue weighted by atomic mass is 32.3. The van der Waals surface area contributed by atoms with Gasteiger partial charge in [0.25, 0.3) is 0 Å². The van der Waals surface area contributed by atoms with E-state index in [4.69, 9.17) is 52.9 Å². The minimum atomic E-state index is -5.86. The van der Waals surface area contributed by atoms with Crippen LogP contribution in [0.3, 0.4) is 0 Å². The Balaban J connectivity index is 1.43. The monoisotopic (exact) mass is 1250 g/mol. The third kappa shape index (κ3) is 16.8. The van der Waals surface area contributed by atoms with Crippen LogP contribution in [-0.4, -0.2) is 306 Å². The number of aliphatic hydroxyl groups is 9. The third-order valence-corrected chi connectivity index (χ3v) is 14.1. The fourth-order valence-corrected chi connectivity index (χ4v) is 10.8. The molecule has 456 valence electrons. The Morgan fingerprint density at radius 2 is 0.897 bits per heavy atom. The van der Waals surface area contributed by atoms with E-state index in [0.29, 0.717) is 0 Å². The van der Waals surface area contributed by atoms with Crippen molar-refractivity contribution in [3.63, 3.8) is 0 Å². The predicted octanol–water partition coefficient (Wildman–Crippen LogP) is -13.5. The van der Waals surface area contributed by atoms with Crippen molar-refractivity contribution in [2.75, 3.05) is 19.8 Å². The van der Waals surface area contributed by atoms with E-state index in [-0.39, 0.29) is 0 Å². The molecule has 43 nitrogen and oxygen atoms in total. The van der Waals surface area contributed by atoms with Crippen molar-refractivity contribution in [2.24, 2.45) is 5.73 Å². The average molecular weight is 1250 g/mol. The van der Waals surface area contributed by atoms with Crippen molar-refractivity contribution < 1.29 is 186 Å². The van der Waals surface area contributed by atoms with Crippen LogP contribution in [0.2, 0.25) is 0 Å². The molecule has 5 rings (SSSR count). The summed E-state index contributed by atoms with van der Waals surface area (Å²) in [4.78, 5) is 25.3. The van der Waals surface area contributed by atoms with Crippen LogP contribution in [0.1, 0.15) is 0 Å². The van der Waals surface area contributed by atoms with E-state index in [9.17, 15) is 126 Å². The van der Waals surface area contributed by atoms with Gasteiger partial charge in [-0.05, 0) is 0 Å². The van der Waals surface area contributed by atoms with Gasteiger partial charge in [-0.1, -0.05) is 0 Å². The largest absolute Gasteiger partial charge is 0.479 e. The van der Waals surface area contributed by atoms with Crippen LogP contribution in [0.4, 0.5) is 0 Å². The highest BCUT2D eigenvalue weighted by molar-refractivity contribution is 7.84. The first kappa shape index (κ1) is 66.3. The average Bonchev–Trinajstić information content (AvgIpc) is 3.29. The van der Waals surface area contributed by atoms with Crippen molar-refractivity contribution in [1.82, 2.24) is 9.44 Å². The lowest BCUT2D eigenvalue weighted by molar-refractivity contribution is -0.372. The SMILES string of the molecule is N[C@H]1[C@@H](O[C@H]2[C@H](O)[C@@H](OS(=O)(=O)O)[C@H](O[C@H]3[C@H](O)[C@@H](NS(=O)(=O)O)[C@@H](O)O[C@@H]3CO)O[C@H]2C(=O)O)O[C@H](CO)[C@@H](O[C@H]2O[C@H](C(=O)O)[C@@H](O[C@H]3O[C@H](COS(=O)(=O)O)[C@@H](O)[C@H](O)[C@H]3NS(=O)(=O)O)[C@H](O)[C@H]2O)[C@@H]1OS(=O)(=O)O. The summed E-state index contributed by atoms with van der Waals surface area (Å²) in [5, 5.41) is 117. The number of nitrogens with two attached hydrogens (primary N) is 1. The Morgan fingerprint density at radius 3 is 1.40 bits per heavy atom. The number of hydrogen-bond donors (Lipinski definition) is 19. The second-order valence-corrected chi connectivity index (χ2v) is 22.5. The number of carboxylic acids is 2. The fraction of sp³-hybridized carbons (Fsp3) is 0.933. The van der Waals surface area contributed by atoms with Gasteiger partial charge in [0.05, 0.1) is 25.9 Å². The molecule has 5 aliphatic rings. The molecule has 20 N–H and O–H groups in total. The Bertz CT molecular complexity index is 2650. The van der Waals surface area contributed by atoms with Gasteiger partial charge in [0.15, 0.2) is 49.8 Å². The molecule has 0 aromatic rings. The van der Waals surface area contributed by atoms with E-state index in [1.807, 2.05) is 0 Å². The van der Waals surface area contributed by atoms with Gasteiger partial charge in [0.1, 0.15) is 97.5 Å².